The lowest BCUT2D eigenvalue weighted by molar-refractivity contribution is -0.116. The molecule has 0 aliphatic heterocycles. The van der Waals surface area contributed by atoms with E-state index in [1.807, 2.05) is 32.0 Å². The lowest BCUT2D eigenvalue weighted by atomic mass is 10.0. The maximum Gasteiger partial charge on any atom is 0.251 e. The van der Waals surface area contributed by atoms with Crippen molar-refractivity contribution < 1.29 is 4.79 Å². The van der Waals surface area contributed by atoms with Crippen LogP contribution in [0.5, 0.6) is 0 Å². The first-order valence-electron chi connectivity index (χ1n) is 7.31. The molecule has 0 radical (unpaired) electrons. The number of nitrogens with one attached hydrogen (secondary N) is 1. The number of hydrogen-bond donors (Lipinski definition) is 1. The van der Waals surface area contributed by atoms with Crippen LogP contribution in [0.2, 0.25) is 5.02 Å². The molecular formula is C17H19ClN2O2. The van der Waals surface area contributed by atoms with Crippen LogP contribution in [0.4, 0.5) is 5.69 Å². The first-order chi connectivity index (χ1) is 10.5. The second-order valence-corrected chi connectivity index (χ2v) is 5.46. The summed E-state index contributed by atoms with van der Waals surface area (Å²) < 4.78 is 1.30. The van der Waals surface area contributed by atoms with E-state index in [2.05, 4.69) is 5.32 Å². The quantitative estimate of drug-likeness (QED) is 0.920. The van der Waals surface area contributed by atoms with Gasteiger partial charge in [0.1, 0.15) is 6.54 Å². The van der Waals surface area contributed by atoms with Gasteiger partial charge in [-0.15, -0.1) is 0 Å². The van der Waals surface area contributed by atoms with Gasteiger partial charge in [-0.2, -0.15) is 0 Å². The number of pyridine rings is 1. The van der Waals surface area contributed by atoms with Crippen LogP contribution in [-0.2, 0) is 24.2 Å². The molecule has 1 heterocycles. The molecule has 0 aliphatic carbocycles. The van der Waals surface area contributed by atoms with Gasteiger partial charge in [-0.1, -0.05) is 43.6 Å². The van der Waals surface area contributed by atoms with E-state index < -0.39 is 0 Å². The van der Waals surface area contributed by atoms with E-state index in [1.54, 1.807) is 0 Å². The van der Waals surface area contributed by atoms with Crippen molar-refractivity contribution >= 4 is 23.2 Å². The van der Waals surface area contributed by atoms with Gasteiger partial charge < -0.3 is 9.88 Å². The molecule has 1 amide bonds. The fourth-order valence-corrected chi connectivity index (χ4v) is 2.54. The molecule has 116 valence electrons. The lowest BCUT2D eigenvalue weighted by Crippen LogP contribution is -2.27. The number of benzene rings is 1. The molecule has 0 unspecified atom stereocenters. The third kappa shape index (κ3) is 3.77. The number of hydrogen-bond acceptors (Lipinski definition) is 2. The number of aromatic nitrogens is 1. The van der Waals surface area contributed by atoms with Crippen molar-refractivity contribution in [1.82, 2.24) is 4.57 Å². The highest BCUT2D eigenvalue weighted by atomic mass is 35.5. The maximum atomic E-state index is 12.3. The number of rotatable bonds is 5. The number of para-hydroxylation sites is 1. The van der Waals surface area contributed by atoms with Gasteiger partial charge in [0, 0.05) is 18.0 Å². The average Bonchev–Trinajstić information content (AvgIpc) is 2.51. The number of halogens is 1. The number of anilines is 1. The van der Waals surface area contributed by atoms with Gasteiger partial charge in [0.05, 0.1) is 5.02 Å². The van der Waals surface area contributed by atoms with E-state index in [0.717, 1.165) is 29.7 Å². The minimum absolute atomic E-state index is 0.0550. The topological polar surface area (TPSA) is 51.1 Å². The third-order valence-electron chi connectivity index (χ3n) is 3.52. The van der Waals surface area contributed by atoms with Gasteiger partial charge >= 0.3 is 0 Å². The van der Waals surface area contributed by atoms with Crippen LogP contribution < -0.4 is 10.9 Å². The van der Waals surface area contributed by atoms with E-state index in [9.17, 15) is 9.59 Å². The third-order valence-corrected chi connectivity index (χ3v) is 3.75. The lowest BCUT2D eigenvalue weighted by Gasteiger charge is -2.15. The van der Waals surface area contributed by atoms with Gasteiger partial charge in [0.2, 0.25) is 5.91 Å². The molecule has 2 aromatic rings. The summed E-state index contributed by atoms with van der Waals surface area (Å²) in [6.45, 7) is 4.04. The Labute approximate surface area is 134 Å². The molecule has 0 aliphatic rings. The van der Waals surface area contributed by atoms with E-state index in [-0.39, 0.29) is 18.0 Å². The molecule has 0 saturated carbocycles. The van der Waals surface area contributed by atoms with Crippen molar-refractivity contribution in [3.8, 4) is 0 Å². The average molecular weight is 319 g/mol. The Kier molecular flexibility index (Phi) is 5.39. The zero-order chi connectivity index (χ0) is 16.1. The predicted molar refractivity (Wildman–Crippen MR) is 89.5 cm³/mol. The number of carbonyl (C=O) groups excluding carboxylic acids is 1. The zero-order valence-electron chi connectivity index (χ0n) is 12.7. The summed E-state index contributed by atoms with van der Waals surface area (Å²) >= 11 is 5.86. The minimum Gasteiger partial charge on any atom is -0.324 e. The van der Waals surface area contributed by atoms with Crippen molar-refractivity contribution in [2.45, 2.75) is 33.2 Å². The molecule has 0 saturated heterocycles. The molecule has 0 bridgehead atoms. The van der Waals surface area contributed by atoms with Crippen LogP contribution in [0.1, 0.15) is 25.0 Å². The van der Waals surface area contributed by atoms with Crippen LogP contribution in [0.25, 0.3) is 0 Å². The Morgan fingerprint density at radius 2 is 1.77 bits per heavy atom. The molecule has 1 aromatic heterocycles. The van der Waals surface area contributed by atoms with Crippen LogP contribution in [0, 0.1) is 0 Å². The van der Waals surface area contributed by atoms with Gasteiger partial charge in [0.15, 0.2) is 0 Å². The monoisotopic (exact) mass is 318 g/mol. The summed E-state index contributed by atoms with van der Waals surface area (Å²) in [5.74, 6) is -0.236. The van der Waals surface area contributed by atoms with Gasteiger partial charge in [-0.3, -0.25) is 9.59 Å². The highest BCUT2D eigenvalue weighted by Crippen LogP contribution is 2.22. The molecule has 1 aromatic carbocycles. The first kappa shape index (κ1) is 16.3. The van der Waals surface area contributed by atoms with Gasteiger partial charge in [-0.25, -0.2) is 0 Å². The van der Waals surface area contributed by atoms with Crippen molar-refractivity contribution in [3.63, 3.8) is 0 Å². The molecule has 4 nitrogen and oxygen atoms in total. The summed E-state index contributed by atoms with van der Waals surface area (Å²) in [5, 5.41) is 3.36. The summed E-state index contributed by atoms with van der Waals surface area (Å²) in [7, 11) is 0. The molecule has 0 atom stereocenters. The zero-order valence-corrected chi connectivity index (χ0v) is 13.5. The van der Waals surface area contributed by atoms with Gasteiger partial charge in [-0.05, 0) is 30.0 Å². The Morgan fingerprint density at radius 3 is 2.36 bits per heavy atom. The standard InChI is InChI=1S/C17H19ClN2O2/c1-3-12-6-5-7-13(4-2)17(12)19-15(21)11-20-10-14(18)8-9-16(20)22/h5-10H,3-4,11H2,1-2H3,(H,19,21). The molecule has 2 rings (SSSR count). The second kappa shape index (κ2) is 7.27. The summed E-state index contributed by atoms with van der Waals surface area (Å²) in [4.78, 5) is 24.0. The molecule has 0 spiro atoms. The Balaban J connectivity index is 2.22. The number of carbonyl (C=O) groups is 1. The molecule has 0 fully saturated rings. The van der Waals surface area contributed by atoms with Crippen molar-refractivity contribution in [2.75, 3.05) is 5.32 Å². The summed E-state index contributed by atoms with van der Waals surface area (Å²) in [6.07, 6.45) is 3.14. The molecule has 22 heavy (non-hydrogen) atoms. The molecular weight excluding hydrogens is 300 g/mol. The van der Waals surface area contributed by atoms with Crippen LogP contribution >= 0.6 is 11.6 Å². The second-order valence-electron chi connectivity index (χ2n) is 5.02. The smallest absolute Gasteiger partial charge is 0.251 e. The van der Waals surface area contributed by atoms with E-state index >= 15 is 0 Å². The highest BCUT2D eigenvalue weighted by Gasteiger charge is 2.11. The maximum absolute atomic E-state index is 12.3. The fourth-order valence-electron chi connectivity index (χ4n) is 2.36. The highest BCUT2D eigenvalue weighted by molar-refractivity contribution is 6.30. The fraction of sp³-hybridized carbons (Fsp3) is 0.294. The Hall–Kier alpha value is -2.07. The number of aryl methyl sites for hydroxylation is 2. The predicted octanol–water partition coefficient (Wildman–Crippen LogP) is 3.27. The van der Waals surface area contributed by atoms with Crippen LogP contribution in [0.3, 0.4) is 0 Å². The first-order valence-corrected chi connectivity index (χ1v) is 7.69. The number of amides is 1. The minimum atomic E-state index is -0.251. The summed E-state index contributed by atoms with van der Waals surface area (Å²) in [5.41, 5.74) is 2.78. The van der Waals surface area contributed by atoms with E-state index in [0.29, 0.717) is 5.02 Å². The van der Waals surface area contributed by atoms with Crippen LogP contribution in [0.15, 0.2) is 41.3 Å². The largest absolute Gasteiger partial charge is 0.324 e. The van der Waals surface area contributed by atoms with Gasteiger partial charge in [0.25, 0.3) is 5.56 Å². The summed E-state index contributed by atoms with van der Waals surface area (Å²) in [6, 6.07) is 8.86. The van der Waals surface area contributed by atoms with E-state index in [4.69, 9.17) is 11.6 Å². The molecule has 1 N–H and O–H groups in total. The number of nitrogens with zero attached hydrogens (tertiary/aromatic N) is 1. The van der Waals surface area contributed by atoms with Crippen molar-refractivity contribution in [2.24, 2.45) is 0 Å². The van der Waals surface area contributed by atoms with Crippen molar-refractivity contribution in [3.05, 3.63) is 63.0 Å². The molecule has 5 heteroatoms. The van der Waals surface area contributed by atoms with Crippen LogP contribution in [-0.4, -0.2) is 10.5 Å². The van der Waals surface area contributed by atoms with Crippen molar-refractivity contribution in [1.29, 1.82) is 0 Å². The Bertz CT molecular complexity index is 715. The SMILES string of the molecule is CCc1cccc(CC)c1NC(=O)Cn1cc(Cl)ccc1=O. The normalized spacial score (nSPS) is 10.5. The van der Waals surface area contributed by atoms with E-state index in [1.165, 1.54) is 22.9 Å². The Morgan fingerprint density at radius 1 is 1.14 bits per heavy atom.